The van der Waals surface area contributed by atoms with Crippen molar-refractivity contribution >= 4 is 51.9 Å². The number of alkyl halides is 3. The van der Waals surface area contributed by atoms with Gasteiger partial charge in [0, 0.05) is 10.7 Å². The van der Waals surface area contributed by atoms with E-state index in [1.165, 1.54) is 6.33 Å². The molecule has 0 fully saturated rings. The van der Waals surface area contributed by atoms with Crippen molar-refractivity contribution in [1.29, 1.82) is 0 Å². The molecule has 5 nitrogen and oxygen atoms in total. The van der Waals surface area contributed by atoms with Crippen molar-refractivity contribution in [1.82, 2.24) is 9.97 Å². The highest BCUT2D eigenvalue weighted by molar-refractivity contribution is 6.33. The summed E-state index contributed by atoms with van der Waals surface area (Å²) in [6.45, 7) is 1.82. The van der Waals surface area contributed by atoms with Gasteiger partial charge in [0.05, 0.1) is 16.3 Å². The summed E-state index contributed by atoms with van der Waals surface area (Å²) < 4.78 is 38.9. The zero-order chi connectivity index (χ0) is 20.5. The van der Waals surface area contributed by atoms with Crippen molar-refractivity contribution < 1.29 is 13.2 Å². The van der Waals surface area contributed by atoms with Crippen LogP contribution in [0.25, 0.3) is 0 Å². The average molecular weight is 428 g/mol. The average Bonchev–Trinajstić information content (AvgIpc) is 2.63. The van der Waals surface area contributed by atoms with Gasteiger partial charge in [-0.1, -0.05) is 29.3 Å². The fraction of sp³-hybridized carbons (Fsp3) is 0.111. The van der Waals surface area contributed by atoms with E-state index in [9.17, 15) is 13.2 Å². The molecule has 3 aromatic rings. The Balaban J connectivity index is 1.93. The summed E-state index contributed by atoms with van der Waals surface area (Å²) in [6.07, 6.45) is -3.28. The first-order valence-corrected chi connectivity index (χ1v) is 8.69. The molecule has 0 radical (unpaired) electrons. The monoisotopic (exact) mass is 427 g/mol. The predicted molar refractivity (Wildman–Crippen MR) is 106 cm³/mol. The van der Waals surface area contributed by atoms with Gasteiger partial charge in [-0.15, -0.1) is 0 Å². The van der Waals surface area contributed by atoms with E-state index in [0.717, 1.165) is 23.8 Å². The van der Waals surface area contributed by atoms with E-state index in [1.807, 2.05) is 6.92 Å². The van der Waals surface area contributed by atoms with Crippen LogP contribution in [0.15, 0.2) is 42.7 Å². The number of aromatic nitrogens is 2. The SMILES string of the molecule is Cc1c(Cl)cccc1Nc1ncnc(Nc2cc(C(F)(F)F)ccc2Cl)c1N. The Morgan fingerprint density at radius 1 is 0.929 bits per heavy atom. The van der Waals surface area contributed by atoms with Crippen molar-refractivity contribution in [2.24, 2.45) is 0 Å². The predicted octanol–water partition coefficient (Wildman–Crippen LogP) is 6.18. The topological polar surface area (TPSA) is 75.9 Å². The van der Waals surface area contributed by atoms with E-state index in [1.54, 1.807) is 18.2 Å². The number of nitrogen functional groups attached to an aromatic ring is 1. The third kappa shape index (κ3) is 4.23. The first kappa shape index (κ1) is 20.0. The molecule has 1 heterocycles. The molecule has 1 aromatic heterocycles. The first-order chi connectivity index (χ1) is 13.2. The summed E-state index contributed by atoms with van der Waals surface area (Å²) >= 11 is 12.1. The van der Waals surface area contributed by atoms with Gasteiger partial charge < -0.3 is 16.4 Å². The maximum absolute atomic E-state index is 13.0. The number of rotatable bonds is 4. The first-order valence-electron chi connectivity index (χ1n) is 7.93. The van der Waals surface area contributed by atoms with Gasteiger partial charge in [-0.3, -0.25) is 0 Å². The maximum Gasteiger partial charge on any atom is 0.416 e. The van der Waals surface area contributed by atoms with Gasteiger partial charge in [0.15, 0.2) is 11.6 Å². The van der Waals surface area contributed by atoms with E-state index in [0.29, 0.717) is 10.7 Å². The standard InChI is InChI=1S/C18H14Cl2F3N5/c1-9-11(19)3-2-4-13(9)27-16-15(24)17(26-8-25-16)28-14-7-10(18(21,22)23)5-6-12(14)20/h2-8H,24H2,1H3,(H2,25,26,27,28). The number of nitrogens with two attached hydrogens (primary N) is 1. The Morgan fingerprint density at radius 2 is 1.57 bits per heavy atom. The van der Waals surface area contributed by atoms with Crippen molar-refractivity contribution in [2.45, 2.75) is 13.1 Å². The van der Waals surface area contributed by atoms with Crippen LogP contribution in [-0.2, 0) is 6.18 Å². The lowest BCUT2D eigenvalue weighted by molar-refractivity contribution is -0.137. The number of anilines is 5. The van der Waals surface area contributed by atoms with Gasteiger partial charge in [0.2, 0.25) is 0 Å². The summed E-state index contributed by atoms with van der Waals surface area (Å²) in [6, 6.07) is 8.23. The lowest BCUT2D eigenvalue weighted by Crippen LogP contribution is -2.08. The third-order valence-corrected chi connectivity index (χ3v) is 4.69. The van der Waals surface area contributed by atoms with E-state index >= 15 is 0 Å². The summed E-state index contributed by atoms with van der Waals surface area (Å²) in [5, 5.41) is 6.43. The lowest BCUT2D eigenvalue weighted by Gasteiger charge is -2.16. The largest absolute Gasteiger partial charge is 0.416 e. The second kappa shape index (κ2) is 7.73. The number of nitrogens with zero attached hydrogens (tertiary/aromatic N) is 2. The van der Waals surface area contributed by atoms with Crippen LogP contribution in [-0.4, -0.2) is 9.97 Å². The number of halogens is 5. The zero-order valence-electron chi connectivity index (χ0n) is 14.4. The van der Waals surface area contributed by atoms with Crippen molar-refractivity contribution in [3.8, 4) is 0 Å². The van der Waals surface area contributed by atoms with Gasteiger partial charge in [-0.2, -0.15) is 13.2 Å². The van der Waals surface area contributed by atoms with Crippen LogP contribution in [0.1, 0.15) is 11.1 Å². The van der Waals surface area contributed by atoms with Gasteiger partial charge in [0.25, 0.3) is 0 Å². The molecule has 3 rings (SSSR count). The van der Waals surface area contributed by atoms with Crippen LogP contribution in [0.4, 0.5) is 41.9 Å². The molecular weight excluding hydrogens is 414 g/mol. The quantitative estimate of drug-likeness (QED) is 0.463. The Labute approximate surface area is 168 Å². The maximum atomic E-state index is 13.0. The minimum absolute atomic E-state index is 0.0202. The molecule has 0 aliphatic carbocycles. The van der Waals surface area contributed by atoms with Crippen LogP contribution in [0.5, 0.6) is 0 Å². The molecule has 28 heavy (non-hydrogen) atoms. The number of nitrogens with one attached hydrogen (secondary N) is 2. The molecule has 0 aliphatic heterocycles. The number of hydrogen-bond acceptors (Lipinski definition) is 5. The molecule has 0 saturated carbocycles. The summed E-state index contributed by atoms with van der Waals surface area (Å²) in [5.41, 5.74) is 6.84. The van der Waals surface area contributed by atoms with E-state index < -0.39 is 11.7 Å². The van der Waals surface area contributed by atoms with Crippen LogP contribution in [0.3, 0.4) is 0 Å². The van der Waals surface area contributed by atoms with Crippen molar-refractivity contribution in [3.05, 3.63) is 63.9 Å². The van der Waals surface area contributed by atoms with Gasteiger partial charge in [-0.25, -0.2) is 9.97 Å². The molecule has 0 amide bonds. The van der Waals surface area contributed by atoms with E-state index in [-0.39, 0.29) is 28.0 Å². The number of hydrogen-bond donors (Lipinski definition) is 3. The summed E-state index contributed by atoms with van der Waals surface area (Å²) in [5.74, 6) is 0.379. The second-order valence-corrected chi connectivity index (χ2v) is 6.65. The molecule has 0 unspecified atom stereocenters. The molecule has 0 spiro atoms. The van der Waals surface area contributed by atoms with Crippen LogP contribution in [0, 0.1) is 6.92 Å². The fourth-order valence-electron chi connectivity index (χ4n) is 2.39. The van der Waals surface area contributed by atoms with Crippen LogP contribution in [0.2, 0.25) is 10.0 Å². The molecule has 0 aliphatic rings. The highest BCUT2D eigenvalue weighted by Crippen LogP contribution is 2.36. The Kier molecular flexibility index (Phi) is 5.53. The van der Waals surface area contributed by atoms with E-state index in [4.69, 9.17) is 28.9 Å². The van der Waals surface area contributed by atoms with Gasteiger partial charge in [-0.05, 0) is 42.8 Å². The van der Waals surface area contributed by atoms with Crippen molar-refractivity contribution in [3.63, 3.8) is 0 Å². The normalized spacial score (nSPS) is 11.4. The summed E-state index contributed by atoms with van der Waals surface area (Å²) in [4.78, 5) is 8.08. The van der Waals surface area contributed by atoms with Crippen LogP contribution < -0.4 is 16.4 Å². The van der Waals surface area contributed by atoms with E-state index in [2.05, 4.69) is 20.6 Å². The number of benzene rings is 2. The second-order valence-electron chi connectivity index (χ2n) is 5.84. The molecule has 10 heteroatoms. The Hall–Kier alpha value is -2.71. The van der Waals surface area contributed by atoms with Crippen LogP contribution >= 0.6 is 23.2 Å². The third-order valence-electron chi connectivity index (χ3n) is 3.95. The fourth-order valence-corrected chi connectivity index (χ4v) is 2.73. The van der Waals surface area contributed by atoms with Gasteiger partial charge in [0.1, 0.15) is 12.0 Å². The summed E-state index contributed by atoms with van der Waals surface area (Å²) in [7, 11) is 0. The molecule has 4 N–H and O–H groups in total. The lowest BCUT2D eigenvalue weighted by atomic mass is 10.2. The highest BCUT2D eigenvalue weighted by atomic mass is 35.5. The molecule has 0 atom stereocenters. The molecule has 0 saturated heterocycles. The van der Waals surface area contributed by atoms with Crippen molar-refractivity contribution in [2.75, 3.05) is 16.4 Å². The molecule has 0 bridgehead atoms. The molecular formula is C18H14Cl2F3N5. The minimum Gasteiger partial charge on any atom is -0.393 e. The van der Waals surface area contributed by atoms with Gasteiger partial charge >= 0.3 is 6.18 Å². The zero-order valence-corrected chi connectivity index (χ0v) is 15.9. The Morgan fingerprint density at radius 3 is 2.21 bits per heavy atom. The highest BCUT2D eigenvalue weighted by Gasteiger charge is 2.31. The smallest absolute Gasteiger partial charge is 0.393 e. The molecule has 146 valence electrons. The molecule has 2 aromatic carbocycles. The minimum atomic E-state index is -4.50. The Bertz CT molecular complexity index is 1020.